The van der Waals surface area contributed by atoms with Crippen LogP contribution in [0.5, 0.6) is 0 Å². The van der Waals surface area contributed by atoms with E-state index < -0.39 is 33.5 Å². The first-order valence-electron chi connectivity index (χ1n) is 7.59. The maximum atomic E-state index is 11.9. The molecule has 0 radical (unpaired) electrons. The fourth-order valence-corrected chi connectivity index (χ4v) is 3.50. The van der Waals surface area contributed by atoms with Crippen molar-refractivity contribution in [2.75, 3.05) is 13.2 Å². The molecule has 0 saturated heterocycles. The average molecular weight is 394 g/mol. The second kappa shape index (κ2) is 8.47. The smallest absolute Gasteiger partial charge is 0.253 e. The van der Waals surface area contributed by atoms with Crippen molar-refractivity contribution in [3.63, 3.8) is 0 Å². The van der Waals surface area contributed by atoms with Gasteiger partial charge in [-0.15, -0.1) is 0 Å². The van der Waals surface area contributed by atoms with Crippen LogP contribution in [0.25, 0.3) is 0 Å². The van der Waals surface area contributed by atoms with Crippen molar-refractivity contribution in [2.24, 2.45) is 0 Å². The lowest BCUT2D eigenvalue weighted by molar-refractivity contribution is 0.355. The largest absolute Gasteiger partial charge is 0.297 e. The number of rotatable bonds is 6. The van der Waals surface area contributed by atoms with Crippen LogP contribution in [0.3, 0.4) is 0 Å². The second-order valence-corrected chi connectivity index (χ2v) is 8.64. The second-order valence-electron chi connectivity index (χ2n) is 5.41. The molecule has 0 fully saturated rings. The summed E-state index contributed by atoms with van der Waals surface area (Å²) in [5.41, 5.74) is 1.85. The minimum atomic E-state index is -3.90. The predicted octanol–water partition coefficient (Wildman–Crippen LogP) is 2.42. The van der Waals surface area contributed by atoms with Crippen molar-refractivity contribution in [2.45, 2.75) is 23.6 Å². The molecule has 0 aromatic heterocycles. The predicted molar refractivity (Wildman–Crippen MR) is 96.4 cm³/mol. The monoisotopic (exact) mass is 394 g/mol. The van der Waals surface area contributed by atoms with E-state index in [0.717, 1.165) is 11.1 Å². The van der Waals surface area contributed by atoms with E-state index in [1.807, 2.05) is 13.8 Å². The van der Waals surface area contributed by atoms with Gasteiger partial charge < -0.3 is 0 Å². The highest BCUT2D eigenvalue weighted by Gasteiger charge is 2.15. The van der Waals surface area contributed by atoms with Gasteiger partial charge in [0.15, 0.2) is 0 Å². The Morgan fingerprint density at radius 1 is 0.654 bits per heavy atom. The maximum Gasteiger partial charge on any atom is 0.297 e. The van der Waals surface area contributed by atoms with Gasteiger partial charge in [0.2, 0.25) is 0 Å². The highest BCUT2D eigenvalue weighted by molar-refractivity contribution is 7.87. The van der Waals surface area contributed by atoms with Gasteiger partial charge in [0.05, 0.1) is 9.79 Å². The molecule has 2 aromatic rings. The number of benzene rings is 2. The van der Waals surface area contributed by atoms with Crippen molar-refractivity contribution in [1.82, 2.24) is 0 Å². The Balaban J connectivity index is 1.87. The molecule has 26 heavy (non-hydrogen) atoms. The molecule has 0 aliphatic heterocycles. The van der Waals surface area contributed by atoms with Gasteiger partial charge in [0.1, 0.15) is 13.2 Å². The van der Waals surface area contributed by atoms with Crippen molar-refractivity contribution >= 4 is 20.2 Å². The summed E-state index contributed by atoms with van der Waals surface area (Å²) < 4.78 is 57.3. The van der Waals surface area contributed by atoms with Gasteiger partial charge in [-0.3, -0.25) is 8.37 Å². The summed E-state index contributed by atoms with van der Waals surface area (Å²) in [7, 11) is -7.80. The van der Waals surface area contributed by atoms with Crippen LogP contribution in [-0.2, 0) is 28.6 Å². The van der Waals surface area contributed by atoms with Gasteiger partial charge >= 0.3 is 0 Å². The fourth-order valence-electron chi connectivity index (χ4n) is 1.86. The van der Waals surface area contributed by atoms with Crippen molar-refractivity contribution in [1.29, 1.82) is 0 Å². The van der Waals surface area contributed by atoms with Gasteiger partial charge in [-0.05, 0) is 38.1 Å². The zero-order valence-electron chi connectivity index (χ0n) is 14.3. The maximum absolute atomic E-state index is 11.9. The zero-order valence-corrected chi connectivity index (χ0v) is 15.9. The topological polar surface area (TPSA) is 86.7 Å². The van der Waals surface area contributed by atoms with E-state index in [4.69, 9.17) is 8.37 Å². The van der Waals surface area contributed by atoms with Crippen molar-refractivity contribution in [3.05, 3.63) is 59.7 Å². The Bertz CT molecular complexity index is 926. The molecule has 2 rings (SSSR count). The van der Waals surface area contributed by atoms with Crippen LogP contribution < -0.4 is 0 Å². The SMILES string of the molecule is Cc1ccc(S(=O)(=O)OCC#CCOS(=O)(=O)c2ccc(C)cc2)cc1. The first kappa shape index (κ1) is 20.1. The molecule has 2 aromatic carbocycles. The average Bonchev–Trinajstić information content (AvgIpc) is 2.58. The lowest BCUT2D eigenvalue weighted by atomic mass is 10.2. The van der Waals surface area contributed by atoms with Gasteiger partial charge in [0.25, 0.3) is 20.2 Å². The summed E-state index contributed by atoms with van der Waals surface area (Å²) in [5, 5.41) is 0. The van der Waals surface area contributed by atoms with Crippen LogP contribution in [0, 0.1) is 25.7 Å². The summed E-state index contributed by atoms with van der Waals surface area (Å²) in [6.07, 6.45) is 0. The molecule has 0 N–H and O–H groups in total. The third-order valence-electron chi connectivity index (χ3n) is 3.32. The van der Waals surface area contributed by atoms with E-state index in [0.29, 0.717) is 0 Å². The van der Waals surface area contributed by atoms with Gasteiger partial charge in [0, 0.05) is 0 Å². The van der Waals surface area contributed by atoms with Gasteiger partial charge in [-0.2, -0.15) is 16.8 Å². The molecule has 138 valence electrons. The fraction of sp³-hybridized carbons (Fsp3) is 0.222. The van der Waals surface area contributed by atoms with E-state index in [2.05, 4.69) is 11.8 Å². The van der Waals surface area contributed by atoms with Crippen LogP contribution in [0.4, 0.5) is 0 Å². The van der Waals surface area contributed by atoms with Crippen LogP contribution >= 0.6 is 0 Å². The number of hydrogen-bond donors (Lipinski definition) is 0. The van der Waals surface area contributed by atoms with Gasteiger partial charge in [-0.25, -0.2) is 0 Å². The quantitative estimate of drug-likeness (QED) is 0.552. The van der Waals surface area contributed by atoms with E-state index >= 15 is 0 Å². The summed E-state index contributed by atoms with van der Waals surface area (Å²) >= 11 is 0. The van der Waals surface area contributed by atoms with Crippen molar-refractivity contribution in [3.8, 4) is 11.8 Å². The van der Waals surface area contributed by atoms with E-state index in [9.17, 15) is 16.8 Å². The Kier molecular flexibility index (Phi) is 6.56. The standard InChI is InChI=1S/C18H18O6S2/c1-15-5-9-17(10-6-15)25(19,20)23-13-3-4-14-24-26(21,22)18-11-7-16(2)8-12-18/h5-12H,13-14H2,1-2H3. The molecule has 0 heterocycles. The highest BCUT2D eigenvalue weighted by Crippen LogP contribution is 2.13. The van der Waals surface area contributed by atoms with E-state index in [-0.39, 0.29) is 9.79 Å². The first-order chi connectivity index (χ1) is 12.2. The molecular weight excluding hydrogens is 376 g/mol. The number of hydrogen-bond acceptors (Lipinski definition) is 6. The molecule has 0 spiro atoms. The Morgan fingerprint density at radius 3 is 1.27 bits per heavy atom. The summed E-state index contributed by atoms with van der Waals surface area (Å²) in [4.78, 5) is 0.0613. The van der Waals surface area contributed by atoms with Crippen LogP contribution in [-0.4, -0.2) is 30.0 Å². The van der Waals surface area contributed by atoms with Crippen LogP contribution in [0.2, 0.25) is 0 Å². The Morgan fingerprint density at radius 2 is 0.962 bits per heavy atom. The van der Waals surface area contributed by atoms with Gasteiger partial charge in [-0.1, -0.05) is 47.2 Å². The van der Waals surface area contributed by atoms with Crippen LogP contribution in [0.15, 0.2) is 58.3 Å². The third-order valence-corrected chi connectivity index (χ3v) is 5.87. The highest BCUT2D eigenvalue weighted by atomic mass is 32.2. The molecular formula is C18H18O6S2. The Labute approximate surface area is 154 Å². The van der Waals surface area contributed by atoms with E-state index in [1.54, 1.807) is 24.3 Å². The molecule has 8 heteroatoms. The third kappa shape index (κ3) is 5.68. The lowest BCUT2D eigenvalue weighted by Gasteiger charge is -2.03. The normalized spacial score (nSPS) is 11.6. The summed E-state index contributed by atoms with van der Waals surface area (Å²) in [6.45, 7) is 2.88. The molecule has 0 amide bonds. The Hall–Kier alpha value is -2.18. The summed E-state index contributed by atoms with van der Waals surface area (Å²) in [5.74, 6) is 4.83. The molecule has 0 atom stereocenters. The number of aryl methyl sites for hydroxylation is 2. The van der Waals surface area contributed by atoms with Crippen LogP contribution in [0.1, 0.15) is 11.1 Å². The molecule has 0 unspecified atom stereocenters. The molecule has 0 bridgehead atoms. The summed E-state index contributed by atoms with van der Waals surface area (Å²) in [6, 6.07) is 12.4. The van der Waals surface area contributed by atoms with Crippen molar-refractivity contribution < 1.29 is 25.2 Å². The minimum absolute atomic E-state index is 0.0306. The zero-order chi connectivity index (χ0) is 19.2. The molecule has 0 aliphatic carbocycles. The molecule has 6 nitrogen and oxygen atoms in total. The minimum Gasteiger partial charge on any atom is -0.253 e. The molecule has 0 aliphatic rings. The lowest BCUT2D eigenvalue weighted by Crippen LogP contribution is -2.08. The molecule has 0 saturated carbocycles. The van der Waals surface area contributed by atoms with E-state index in [1.165, 1.54) is 24.3 Å². The first-order valence-corrected chi connectivity index (χ1v) is 10.4.